The maximum absolute atomic E-state index is 13.8. The van der Waals surface area contributed by atoms with Crippen molar-refractivity contribution in [2.75, 3.05) is 18.5 Å². The molecule has 2 N–H and O–H groups in total. The minimum Gasteiger partial charge on any atom is -0.490 e. The van der Waals surface area contributed by atoms with Gasteiger partial charge in [-0.2, -0.15) is 0 Å². The summed E-state index contributed by atoms with van der Waals surface area (Å²) in [7, 11) is 0. The third kappa shape index (κ3) is 6.35. The molecule has 0 unspecified atom stereocenters. The normalized spacial score (nSPS) is 14.0. The van der Waals surface area contributed by atoms with Crippen LogP contribution in [-0.4, -0.2) is 35.9 Å². The monoisotopic (exact) mass is 585 g/mol. The molecule has 11 heteroatoms. The van der Waals surface area contributed by atoms with Gasteiger partial charge in [-0.15, -0.1) is 0 Å². The van der Waals surface area contributed by atoms with E-state index in [2.05, 4.69) is 26.6 Å². The fourth-order valence-electron chi connectivity index (χ4n) is 3.55. The number of amides is 4. The molecule has 3 aromatic rings. The molecule has 1 fully saturated rings. The molecule has 0 saturated carbocycles. The number of nitrogens with one attached hydrogen (secondary N) is 2. The molecule has 0 atom stereocenters. The first-order valence-corrected chi connectivity index (χ1v) is 12.3. The molecule has 38 heavy (non-hydrogen) atoms. The number of urea groups is 1. The summed E-state index contributed by atoms with van der Waals surface area (Å²) in [4.78, 5) is 38.3. The molecule has 8 nitrogen and oxygen atoms in total. The lowest BCUT2D eigenvalue weighted by Crippen LogP contribution is -2.38. The third-order valence-electron chi connectivity index (χ3n) is 5.38. The van der Waals surface area contributed by atoms with Crippen LogP contribution in [0.4, 0.5) is 19.3 Å². The van der Waals surface area contributed by atoms with Crippen LogP contribution in [-0.2, 0) is 16.2 Å². The molecule has 196 valence electrons. The van der Waals surface area contributed by atoms with E-state index in [4.69, 9.17) is 9.47 Å². The summed E-state index contributed by atoms with van der Waals surface area (Å²) >= 11 is 3.44. The second-order valence-electron chi connectivity index (χ2n) is 8.08. The first-order chi connectivity index (χ1) is 18.2. The van der Waals surface area contributed by atoms with Crippen LogP contribution in [0.2, 0.25) is 0 Å². The Labute approximate surface area is 225 Å². The zero-order chi connectivity index (χ0) is 27.2. The topological polar surface area (TPSA) is 97.0 Å². The molecule has 1 aliphatic heterocycles. The Morgan fingerprint density at radius 1 is 1.05 bits per heavy atom. The molecular formula is C27H22BrF2N3O5. The highest BCUT2D eigenvalue weighted by Gasteiger charge is 2.35. The van der Waals surface area contributed by atoms with Gasteiger partial charge in [-0.05, 0) is 60.5 Å². The molecule has 0 aromatic heterocycles. The maximum Gasteiger partial charge on any atom is 0.329 e. The Bertz CT molecular complexity index is 1410. The van der Waals surface area contributed by atoms with E-state index in [-0.39, 0.29) is 23.8 Å². The van der Waals surface area contributed by atoms with Gasteiger partial charge in [-0.1, -0.05) is 40.2 Å². The van der Waals surface area contributed by atoms with E-state index in [9.17, 15) is 23.2 Å². The largest absolute Gasteiger partial charge is 0.490 e. The van der Waals surface area contributed by atoms with E-state index in [1.165, 1.54) is 36.4 Å². The van der Waals surface area contributed by atoms with Gasteiger partial charge in [0.25, 0.3) is 5.91 Å². The van der Waals surface area contributed by atoms with Crippen molar-refractivity contribution in [3.8, 4) is 11.5 Å². The Balaban J connectivity index is 1.49. The molecule has 1 aliphatic rings. The molecule has 0 spiro atoms. The van der Waals surface area contributed by atoms with E-state index < -0.39 is 30.2 Å². The van der Waals surface area contributed by atoms with E-state index in [1.54, 1.807) is 37.3 Å². The van der Waals surface area contributed by atoms with Crippen LogP contribution in [0, 0.1) is 11.6 Å². The minimum atomic E-state index is -0.787. The van der Waals surface area contributed by atoms with Gasteiger partial charge < -0.3 is 20.1 Å². The number of rotatable bonds is 9. The number of carbonyl (C=O) groups excluding carboxylic acids is 3. The standard InChI is InChI=1S/C27H22BrF2N3O5/c1-2-37-23-12-17(19(28)13-24(23)38-15-16-7-9-18(29)10-8-16)11-22-26(35)33(27(36)32-22)14-25(34)31-21-6-4-3-5-20(21)30/h3-13H,2,14-15H2,1H3,(H,31,34)(H,32,36)/b22-11+. The van der Waals surface area contributed by atoms with Crippen molar-refractivity contribution in [3.05, 3.63) is 93.6 Å². The molecule has 0 bridgehead atoms. The maximum atomic E-state index is 13.8. The number of para-hydroxylation sites is 1. The molecule has 4 rings (SSSR count). The smallest absolute Gasteiger partial charge is 0.329 e. The third-order valence-corrected chi connectivity index (χ3v) is 6.07. The van der Waals surface area contributed by atoms with Gasteiger partial charge in [0.15, 0.2) is 11.5 Å². The van der Waals surface area contributed by atoms with E-state index in [1.807, 2.05) is 0 Å². The van der Waals surface area contributed by atoms with Gasteiger partial charge in [0, 0.05) is 4.47 Å². The summed E-state index contributed by atoms with van der Waals surface area (Å²) in [5, 5.41) is 4.79. The van der Waals surface area contributed by atoms with Gasteiger partial charge in [-0.25, -0.2) is 18.5 Å². The molecule has 1 saturated heterocycles. The average molecular weight is 586 g/mol. The van der Waals surface area contributed by atoms with Gasteiger partial charge in [-0.3, -0.25) is 9.59 Å². The summed E-state index contributed by atoms with van der Waals surface area (Å²) in [5.74, 6) is -1.64. The Morgan fingerprint density at radius 3 is 2.47 bits per heavy atom. The number of imide groups is 1. The van der Waals surface area contributed by atoms with E-state index >= 15 is 0 Å². The highest BCUT2D eigenvalue weighted by molar-refractivity contribution is 9.10. The van der Waals surface area contributed by atoms with Crippen molar-refractivity contribution in [3.63, 3.8) is 0 Å². The fraction of sp³-hybridized carbons (Fsp3) is 0.148. The van der Waals surface area contributed by atoms with Gasteiger partial charge in [0.05, 0.1) is 12.3 Å². The lowest BCUT2D eigenvalue weighted by Gasteiger charge is -2.14. The summed E-state index contributed by atoms with van der Waals surface area (Å²) in [6.45, 7) is 1.71. The van der Waals surface area contributed by atoms with Crippen LogP contribution in [0.1, 0.15) is 18.1 Å². The van der Waals surface area contributed by atoms with Crippen LogP contribution in [0.25, 0.3) is 6.08 Å². The lowest BCUT2D eigenvalue weighted by molar-refractivity contribution is -0.127. The van der Waals surface area contributed by atoms with Crippen LogP contribution in [0.15, 0.2) is 70.8 Å². The highest BCUT2D eigenvalue weighted by atomic mass is 79.9. The Kier molecular flexibility index (Phi) is 8.37. The fourth-order valence-corrected chi connectivity index (χ4v) is 3.99. The first-order valence-electron chi connectivity index (χ1n) is 11.5. The SMILES string of the molecule is CCOc1cc(/C=C2/NC(=O)N(CC(=O)Nc3ccccc3F)C2=O)c(Br)cc1OCc1ccc(F)cc1. The van der Waals surface area contributed by atoms with Crippen LogP contribution < -0.4 is 20.1 Å². The average Bonchev–Trinajstić information content (AvgIpc) is 3.14. The Hall–Kier alpha value is -4.25. The number of halogens is 3. The lowest BCUT2D eigenvalue weighted by atomic mass is 10.1. The second-order valence-corrected chi connectivity index (χ2v) is 8.93. The van der Waals surface area contributed by atoms with Crippen molar-refractivity contribution in [1.82, 2.24) is 10.2 Å². The van der Waals surface area contributed by atoms with Gasteiger partial charge >= 0.3 is 6.03 Å². The highest BCUT2D eigenvalue weighted by Crippen LogP contribution is 2.35. The van der Waals surface area contributed by atoms with Gasteiger partial charge in [0.2, 0.25) is 5.91 Å². The number of benzene rings is 3. The Morgan fingerprint density at radius 2 is 1.76 bits per heavy atom. The molecule has 0 radical (unpaired) electrons. The number of carbonyl (C=O) groups is 3. The number of hydrogen-bond donors (Lipinski definition) is 2. The van der Waals surface area contributed by atoms with Crippen LogP contribution >= 0.6 is 15.9 Å². The quantitative estimate of drug-likeness (QED) is 0.264. The molecule has 0 aliphatic carbocycles. The predicted octanol–water partition coefficient (Wildman–Crippen LogP) is 5.24. The summed E-state index contributed by atoms with van der Waals surface area (Å²) < 4.78 is 39.1. The summed E-state index contributed by atoms with van der Waals surface area (Å²) in [6.07, 6.45) is 1.44. The number of anilines is 1. The molecular weight excluding hydrogens is 564 g/mol. The number of ether oxygens (including phenoxy) is 2. The van der Waals surface area contributed by atoms with Crippen LogP contribution in [0.5, 0.6) is 11.5 Å². The van der Waals surface area contributed by atoms with Crippen molar-refractivity contribution in [2.24, 2.45) is 0 Å². The van der Waals surface area contributed by atoms with Crippen molar-refractivity contribution in [1.29, 1.82) is 0 Å². The van der Waals surface area contributed by atoms with Crippen molar-refractivity contribution >= 4 is 45.5 Å². The van der Waals surface area contributed by atoms with Crippen molar-refractivity contribution < 1.29 is 32.6 Å². The molecule has 3 aromatic carbocycles. The van der Waals surface area contributed by atoms with Crippen LogP contribution in [0.3, 0.4) is 0 Å². The van der Waals surface area contributed by atoms with Crippen molar-refractivity contribution in [2.45, 2.75) is 13.5 Å². The minimum absolute atomic E-state index is 0.0585. The summed E-state index contributed by atoms with van der Waals surface area (Å²) in [6, 6.07) is 14.0. The number of hydrogen-bond acceptors (Lipinski definition) is 5. The van der Waals surface area contributed by atoms with E-state index in [0.717, 1.165) is 10.5 Å². The first kappa shape index (κ1) is 26.8. The molecule has 4 amide bonds. The predicted molar refractivity (Wildman–Crippen MR) is 139 cm³/mol. The summed E-state index contributed by atoms with van der Waals surface area (Å²) in [5.41, 5.74) is 1.14. The van der Waals surface area contributed by atoms with Gasteiger partial charge in [0.1, 0.15) is 30.5 Å². The second kappa shape index (κ2) is 11.9. The molecule has 1 heterocycles. The van der Waals surface area contributed by atoms with E-state index in [0.29, 0.717) is 28.1 Å². The zero-order valence-corrected chi connectivity index (χ0v) is 21.7. The number of nitrogens with zero attached hydrogens (tertiary/aromatic N) is 1. The zero-order valence-electron chi connectivity index (χ0n) is 20.1.